The van der Waals surface area contributed by atoms with Gasteiger partial charge >= 0.3 is 0 Å². The summed E-state index contributed by atoms with van der Waals surface area (Å²) in [5.41, 5.74) is 10.6. The zero-order chi connectivity index (χ0) is 14.3. The van der Waals surface area contributed by atoms with Crippen LogP contribution >= 0.6 is 15.9 Å². The maximum absolute atomic E-state index is 6.36. The van der Waals surface area contributed by atoms with Gasteiger partial charge in [0.2, 0.25) is 0 Å². The van der Waals surface area contributed by atoms with E-state index < -0.39 is 0 Å². The second-order valence-corrected chi connectivity index (χ2v) is 6.04. The van der Waals surface area contributed by atoms with E-state index in [1.807, 2.05) is 12.1 Å². The van der Waals surface area contributed by atoms with Crippen molar-refractivity contribution in [3.8, 4) is 0 Å². The van der Waals surface area contributed by atoms with Crippen molar-refractivity contribution in [3.63, 3.8) is 0 Å². The SMILES string of the molecule is Cc1ccc(C(N)c2oc3ccc(Br)cc3c2C)cc1. The van der Waals surface area contributed by atoms with Crippen LogP contribution < -0.4 is 5.73 Å². The van der Waals surface area contributed by atoms with Gasteiger partial charge in [0.1, 0.15) is 11.3 Å². The Kier molecular flexibility index (Phi) is 3.40. The average molecular weight is 330 g/mol. The lowest BCUT2D eigenvalue weighted by atomic mass is 10.0. The van der Waals surface area contributed by atoms with Crippen LogP contribution in [0.3, 0.4) is 0 Å². The highest BCUT2D eigenvalue weighted by Crippen LogP contribution is 2.33. The van der Waals surface area contributed by atoms with Crippen LogP contribution in [0, 0.1) is 13.8 Å². The Bertz CT molecular complexity index is 759. The summed E-state index contributed by atoms with van der Waals surface area (Å²) >= 11 is 3.49. The van der Waals surface area contributed by atoms with E-state index in [1.165, 1.54) is 5.56 Å². The van der Waals surface area contributed by atoms with E-state index in [-0.39, 0.29) is 6.04 Å². The molecule has 2 nitrogen and oxygen atoms in total. The second kappa shape index (κ2) is 5.08. The molecule has 1 heterocycles. The Labute approximate surface area is 126 Å². The molecule has 0 amide bonds. The summed E-state index contributed by atoms with van der Waals surface area (Å²) in [7, 11) is 0. The van der Waals surface area contributed by atoms with Crippen LogP contribution in [-0.4, -0.2) is 0 Å². The van der Waals surface area contributed by atoms with E-state index >= 15 is 0 Å². The first-order chi connectivity index (χ1) is 9.56. The highest BCUT2D eigenvalue weighted by atomic mass is 79.9. The van der Waals surface area contributed by atoms with Crippen molar-refractivity contribution < 1.29 is 4.42 Å². The molecule has 3 heteroatoms. The van der Waals surface area contributed by atoms with Crippen LogP contribution in [0.15, 0.2) is 51.4 Å². The van der Waals surface area contributed by atoms with Crippen LogP contribution in [0.4, 0.5) is 0 Å². The van der Waals surface area contributed by atoms with E-state index in [2.05, 4.69) is 60.1 Å². The number of hydrogen-bond donors (Lipinski definition) is 1. The molecule has 0 aliphatic rings. The van der Waals surface area contributed by atoms with Gasteiger partial charge in [0.05, 0.1) is 6.04 Å². The molecule has 102 valence electrons. The number of halogens is 1. The van der Waals surface area contributed by atoms with E-state index in [0.717, 1.165) is 32.3 Å². The van der Waals surface area contributed by atoms with Gasteiger partial charge in [-0.2, -0.15) is 0 Å². The Balaban J connectivity index is 2.09. The largest absolute Gasteiger partial charge is 0.459 e. The number of furan rings is 1. The molecule has 3 aromatic rings. The summed E-state index contributed by atoms with van der Waals surface area (Å²) < 4.78 is 7.00. The zero-order valence-corrected chi connectivity index (χ0v) is 13.1. The Morgan fingerprint density at radius 3 is 2.45 bits per heavy atom. The highest BCUT2D eigenvalue weighted by molar-refractivity contribution is 9.10. The molecule has 1 unspecified atom stereocenters. The van der Waals surface area contributed by atoms with Crippen molar-refractivity contribution in [2.45, 2.75) is 19.9 Å². The van der Waals surface area contributed by atoms with Gasteiger partial charge < -0.3 is 10.2 Å². The first-order valence-corrected chi connectivity index (χ1v) is 7.36. The van der Waals surface area contributed by atoms with Crippen molar-refractivity contribution in [2.24, 2.45) is 5.73 Å². The first kappa shape index (κ1) is 13.4. The Hall–Kier alpha value is -1.58. The number of aryl methyl sites for hydroxylation is 2. The molecule has 0 radical (unpaired) electrons. The maximum Gasteiger partial charge on any atom is 0.134 e. The molecule has 0 saturated carbocycles. The lowest BCUT2D eigenvalue weighted by Crippen LogP contribution is -2.11. The third-order valence-electron chi connectivity index (χ3n) is 3.65. The molecule has 0 aliphatic carbocycles. The summed E-state index contributed by atoms with van der Waals surface area (Å²) in [5, 5.41) is 1.11. The number of hydrogen-bond acceptors (Lipinski definition) is 2. The molecule has 3 rings (SSSR count). The molecule has 20 heavy (non-hydrogen) atoms. The minimum absolute atomic E-state index is 0.234. The van der Waals surface area contributed by atoms with Crippen molar-refractivity contribution >= 4 is 26.9 Å². The summed E-state index contributed by atoms with van der Waals surface area (Å²) in [4.78, 5) is 0. The fourth-order valence-corrected chi connectivity index (χ4v) is 2.79. The minimum atomic E-state index is -0.234. The molecular weight excluding hydrogens is 314 g/mol. The molecule has 1 aromatic heterocycles. The average Bonchev–Trinajstić information content (AvgIpc) is 2.76. The third kappa shape index (κ3) is 2.28. The standard InChI is InChI=1S/C17H16BrNO/c1-10-3-5-12(6-4-10)16(19)17-11(2)14-9-13(18)7-8-15(14)20-17/h3-9,16H,19H2,1-2H3. The fourth-order valence-electron chi connectivity index (χ4n) is 2.43. The van der Waals surface area contributed by atoms with Crippen LogP contribution in [-0.2, 0) is 0 Å². The highest BCUT2D eigenvalue weighted by Gasteiger charge is 2.18. The summed E-state index contributed by atoms with van der Waals surface area (Å²) in [5.74, 6) is 0.835. The summed E-state index contributed by atoms with van der Waals surface area (Å²) in [6.45, 7) is 4.13. The predicted molar refractivity (Wildman–Crippen MR) is 85.9 cm³/mol. The van der Waals surface area contributed by atoms with E-state index in [9.17, 15) is 0 Å². The molecule has 0 fully saturated rings. The molecule has 0 aliphatic heterocycles. The Morgan fingerprint density at radius 1 is 1.05 bits per heavy atom. The van der Waals surface area contributed by atoms with Crippen molar-refractivity contribution in [3.05, 3.63) is 69.4 Å². The minimum Gasteiger partial charge on any atom is -0.459 e. The third-order valence-corrected chi connectivity index (χ3v) is 4.15. The zero-order valence-electron chi connectivity index (χ0n) is 11.5. The van der Waals surface area contributed by atoms with Crippen LogP contribution in [0.25, 0.3) is 11.0 Å². The van der Waals surface area contributed by atoms with E-state index in [1.54, 1.807) is 0 Å². The molecule has 2 aromatic carbocycles. The molecule has 0 bridgehead atoms. The lowest BCUT2D eigenvalue weighted by Gasteiger charge is -2.10. The second-order valence-electron chi connectivity index (χ2n) is 5.12. The predicted octanol–water partition coefficient (Wildman–Crippen LogP) is 4.86. The van der Waals surface area contributed by atoms with Gasteiger partial charge in [0.25, 0.3) is 0 Å². The van der Waals surface area contributed by atoms with E-state index in [4.69, 9.17) is 10.2 Å². The quantitative estimate of drug-likeness (QED) is 0.729. The molecule has 1 atom stereocenters. The number of nitrogens with two attached hydrogens (primary N) is 1. The maximum atomic E-state index is 6.36. The van der Waals surface area contributed by atoms with Gasteiger partial charge in [-0.05, 0) is 37.6 Å². The smallest absolute Gasteiger partial charge is 0.134 e. The van der Waals surface area contributed by atoms with Gasteiger partial charge in [0.15, 0.2) is 0 Å². The Morgan fingerprint density at radius 2 is 1.75 bits per heavy atom. The summed E-state index contributed by atoms with van der Waals surface area (Å²) in [6, 6.07) is 14.0. The molecule has 0 spiro atoms. The van der Waals surface area contributed by atoms with Crippen molar-refractivity contribution in [2.75, 3.05) is 0 Å². The number of rotatable bonds is 2. The lowest BCUT2D eigenvalue weighted by molar-refractivity contribution is 0.521. The van der Waals surface area contributed by atoms with Crippen LogP contribution in [0.2, 0.25) is 0 Å². The summed E-state index contributed by atoms with van der Waals surface area (Å²) in [6.07, 6.45) is 0. The van der Waals surface area contributed by atoms with Gasteiger partial charge in [-0.25, -0.2) is 0 Å². The molecular formula is C17H16BrNO. The van der Waals surface area contributed by atoms with Crippen molar-refractivity contribution in [1.29, 1.82) is 0 Å². The van der Waals surface area contributed by atoms with E-state index in [0.29, 0.717) is 0 Å². The molecule has 0 saturated heterocycles. The molecule has 2 N–H and O–H groups in total. The fraction of sp³-hybridized carbons (Fsp3) is 0.176. The van der Waals surface area contributed by atoms with Gasteiger partial charge in [0, 0.05) is 15.4 Å². The number of fused-ring (bicyclic) bond motifs is 1. The van der Waals surface area contributed by atoms with Gasteiger partial charge in [-0.1, -0.05) is 45.8 Å². The monoisotopic (exact) mass is 329 g/mol. The first-order valence-electron chi connectivity index (χ1n) is 6.57. The van der Waals surface area contributed by atoms with Crippen molar-refractivity contribution in [1.82, 2.24) is 0 Å². The number of benzene rings is 2. The van der Waals surface area contributed by atoms with Crippen LogP contribution in [0.1, 0.15) is 28.5 Å². The van der Waals surface area contributed by atoms with Gasteiger partial charge in [-0.15, -0.1) is 0 Å². The topological polar surface area (TPSA) is 39.2 Å². The van der Waals surface area contributed by atoms with Gasteiger partial charge in [-0.3, -0.25) is 0 Å². The normalized spacial score (nSPS) is 12.8. The van der Waals surface area contributed by atoms with Crippen LogP contribution in [0.5, 0.6) is 0 Å².